The summed E-state index contributed by atoms with van der Waals surface area (Å²) in [6.45, 7) is 4.45. The Morgan fingerprint density at radius 3 is 2.88 bits per heavy atom. The lowest BCUT2D eigenvalue weighted by atomic mass is 9.57. The number of rotatable bonds is 3. The van der Waals surface area contributed by atoms with Crippen molar-refractivity contribution < 1.29 is 14.2 Å². The first-order valence-corrected chi connectivity index (χ1v) is 8.82. The molecule has 1 saturated heterocycles. The summed E-state index contributed by atoms with van der Waals surface area (Å²) in [5.41, 5.74) is 4.19. The van der Waals surface area contributed by atoms with Gasteiger partial charge < -0.3 is 14.2 Å². The van der Waals surface area contributed by atoms with Crippen LogP contribution in [0, 0.1) is 0 Å². The second-order valence-corrected chi connectivity index (χ2v) is 7.09. The highest BCUT2D eigenvalue weighted by Crippen LogP contribution is 2.62. The first-order valence-electron chi connectivity index (χ1n) is 8.82. The Morgan fingerprint density at radius 1 is 1.25 bits per heavy atom. The van der Waals surface area contributed by atoms with Gasteiger partial charge in [-0.05, 0) is 42.7 Å². The fourth-order valence-electron chi connectivity index (χ4n) is 5.38. The molecule has 5 rings (SSSR count). The zero-order chi connectivity index (χ0) is 16.5. The Labute approximate surface area is 142 Å². The highest BCUT2D eigenvalue weighted by Gasteiger charge is 2.62. The Hall–Kier alpha value is -1.94. The SMILES string of the molecule is CCN1CC[C@@]23C4=CC=C(OC)[C@@H]2Oc2c(OC)ccc(c23)C[C@H]41. The van der Waals surface area contributed by atoms with Crippen LogP contribution in [0.15, 0.2) is 35.6 Å². The van der Waals surface area contributed by atoms with E-state index in [1.807, 2.05) is 0 Å². The van der Waals surface area contributed by atoms with Gasteiger partial charge in [-0.2, -0.15) is 0 Å². The van der Waals surface area contributed by atoms with Crippen LogP contribution in [0.4, 0.5) is 0 Å². The largest absolute Gasteiger partial charge is 0.497 e. The molecule has 0 aromatic heterocycles. The minimum Gasteiger partial charge on any atom is -0.497 e. The Morgan fingerprint density at radius 2 is 2.12 bits per heavy atom. The average molecular weight is 325 g/mol. The summed E-state index contributed by atoms with van der Waals surface area (Å²) in [6, 6.07) is 4.76. The number of allylic oxidation sites excluding steroid dienone is 2. The van der Waals surface area contributed by atoms with Gasteiger partial charge in [-0.25, -0.2) is 0 Å². The second kappa shape index (κ2) is 4.79. The monoisotopic (exact) mass is 325 g/mol. The van der Waals surface area contributed by atoms with E-state index in [9.17, 15) is 0 Å². The molecular formula is C20H23NO3. The normalized spacial score (nSPS) is 32.5. The molecule has 4 nitrogen and oxygen atoms in total. The number of likely N-dealkylation sites (N-methyl/N-ethyl adjacent to an activating group) is 1. The predicted molar refractivity (Wildman–Crippen MR) is 91.6 cm³/mol. The predicted octanol–water partition coefficient (Wildman–Crippen LogP) is 2.81. The van der Waals surface area contributed by atoms with Crippen LogP contribution >= 0.6 is 0 Å². The van der Waals surface area contributed by atoms with Crippen molar-refractivity contribution in [3.8, 4) is 11.5 Å². The fraction of sp³-hybridized carbons (Fsp3) is 0.500. The van der Waals surface area contributed by atoms with E-state index in [-0.39, 0.29) is 11.5 Å². The van der Waals surface area contributed by atoms with Crippen LogP contribution in [0.3, 0.4) is 0 Å². The van der Waals surface area contributed by atoms with Crippen molar-refractivity contribution in [3.63, 3.8) is 0 Å². The summed E-state index contributed by atoms with van der Waals surface area (Å²) in [4.78, 5) is 2.60. The van der Waals surface area contributed by atoms with Crippen molar-refractivity contribution in [1.29, 1.82) is 0 Å². The van der Waals surface area contributed by atoms with E-state index in [2.05, 4.69) is 36.1 Å². The van der Waals surface area contributed by atoms with E-state index < -0.39 is 0 Å². The van der Waals surface area contributed by atoms with E-state index in [0.717, 1.165) is 43.2 Å². The molecule has 1 spiro atoms. The average Bonchev–Trinajstić information content (AvgIpc) is 2.96. The van der Waals surface area contributed by atoms with Gasteiger partial charge >= 0.3 is 0 Å². The smallest absolute Gasteiger partial charge is 0.169 e. The Kier molecular flexibility index (Phi) is 2.88. The zero-order valence-electron chi connectivity index (χ0n) is 14.5. The lowest BCUT2D eigenvalue weighted by Crippen LogP contribution is -2.59. The van der Waals surface area contributed by atoms with Crippen LogP contribution < -0.4 is 9.47 Å². The van der Waals surface area contributed by atoms with Gasteiger partial charge in [-0.3, -0.25) is 4.90 Å². The highest BCUT2D eigenvalue weighted by atomic mass is 16.6. The van der Waals surface area contributed by atoms with Crippen molar-refractivity contribution in [1.82, 2.24) is 4.90 Å². The number of methoxy groups -OCH3 is 2. The molecule has 4 aliphatic rings. The summed E-state index contributed by atoms with van der Waals surface area (Å²) in [5.74, 6) is 2.69. The molecule has 0 unspecified atom stereocenters. The zero-order valence-corrected chi connectivity index (χ0v) is 14.5. The first-order chi connectivity index (χ1) is 11.7. The maximum absolute atomic E-state index is 6.50. The summed E-state index contributed by atoms with van der Waals surface area (Å²) in [7, 11) is 3.46. The molecule has 1 aromatic rings. The summed E-state index contributed by atoms with van der Waals surface area (Å²) < 4.78 is 17.8. The topological polar surface area (TPSA) is 30.9 Å². The maximum atomic E-state index is 6.50. The molecule has 0 N–H and O–H groups in total. The molecule has 0 saturated carbocycles. The van der Waals surface area contributed by atoms with E-state index in [4.69, 9.17) is 14.2 Å². The maximum Gasteiger partial charge on any atom is 0.169 e. The van der Waals surface area contributed by atoms with Crippen LogP contribution in [0.5, 0.6) is 11.5 Å². The standard InChI is InChI=1S/C20H23NO3/c1-4-21-10-9-20-13-6-8-16(23-3)19(20)24-18-15(22-2)7-5-12(17(18)20)11-14(13)21/h5-8,14,19H,4,9-11H2,1-3H3/t14-,19+,20+/m1/s1. The molecule has 1 fully saturated rings. The third-order valence-electron chi connectivity index (χ3n) is 6.41. The minimum atomic E-state index is -0.0755. The van der Waals surface area contributed by atoms with Crippen molar-refractivity contribution in [2.24, 2.45) is 0 Å². The summed E-state index contributed by atoms with van der Waals surface area (Å²) in [5, 5.41) is 0. The number of hydrogen-bond donors (Lipinski definition) is 0. The fourth-order valence-corrected chi connectivity index (χ4v) is 5.38. The van der Waals surface area contributed by atoms with Gasteiger partial charge in [0.05, 0.1) is 19.6 Å². The molecule has 4 heteroatoms. The molecule has 2 aliphatic carbocycles. The number of likely N-dealkylation sites (tertiary alicyclic amines) is 1. The van der Waals surface area contributed by atoms with Gasteiger partial charge in [-0.1, -0.05) is 19.1 Å². The van der Waals surface area contributed by atoms with Gasteiger partial charge in [0.2, 0.25) is 0 Å². The summed E-state index contributed by atoms with van der Waals surface area (Å²) >= 11 is 0. The highest BCUT2D eigenvalue weighted by molar-refractivity contribution is 5.67. The second-order valence-electron chi connectivity index (χ2n) is 7.09. The lowest BCUT2D eigenvalue weighted by molar-refractivity contribution is 0.0663. The van der Waals surface area contributed by atoms with E-state index >= 15 is 0 Å². The summed E-state index contributed by atoms with van der Waals surface area (Å²) in [6.07, 6.45) is 6.47. The van der Waals surface area contributed by atoms with Crippen molar-refractivity contribution in [3.05, 3.63) is 46.7 Å². The third-order valence-corrected chi connectivity index (χ3v) is 6.41. The molecule has 1 aromatic carbocycles. The van der Waals surface area contributed by atoms with Gasteiger partial charge in [0.25, 0.3) is 0 Å². The van der Waals surface area contributed by atoms with Crippen LogP contribution in [-0.4, -0.2) is 44.4 Å². The van der Waals surface area contributed by atoms with Crippen molar-refractivity contribution in [2.45, 2.75) is 37.3 Å². The van der Waals surface area contributed by atoms with Crippen LogP contribution in [0.25, 0.3) is 0 Å². The van der Waals surface area contributed by atoms with E-state index in [1.54, 1.807) is 14.2 Å². The van der Waals surface area contributed by atoms with E-state index in [1.165, 1.54) is 16.7 Å². The number of benzene rings is 1. The molecule has 2 bridgehead atoms. The number of nitrogens with zero attached hydrogens (tertiary/aromatic N) is 1. The molecular weight excluding hydrogens is 302 g/mol. The van der Waals surface area contributed by atoms with E-state index in [0.29, 0.717) is 6.04 Å². The number of ether oxygens (including phenoxy) is 3. The molecule has 0 amide bonds. The van der Waals surface area contributed by atoms with Crippen LogP contribution in [0.1, 0.15) is 24.5 Å². The third kappa shape index (κ3) is 1.48. The van der Waals surface area contributed by atoms with Crippen molar-refractivity contribution in [2.75, 3.05) is 27.3 Å². The van der Waals surface area contributed by atoms with Gasteiger partial charge in [0, 0.05) is 18.2 Å². The molecule has 0 radical (unpaired) electrons. The molecule has 126 valence electrons. The molecule has 2 aliphatic heterocycles. The minimum absolute atomic E-state index is 0.0608. The van der Waals surface area contributed by atoms with Gasteiger partial charge in [0.15, 0.2) is 17.6 Å². The quantitative estimate of drug-likeness (QED) is 0.855. The van der Waals surface area contributed by atoms with Gasteiger partial charge in [0.1, 0.15) is 5.76 Å². The lowest BCUT2D eigenvalue weighted by Gasteiger charge is -2.53. The number of hydrogen-bond acceptors (Lipinski definition) is 4. The Bertz CT molecular complexity index is 781. The van der Waals surface area contributed by atoms with Crippen LogP contribution in [-0.2, 0) is 16.6 Å². The number of piperidine rings is 1. The Balaban J connectivity index is 1.81. The first kappa shape index (κ1) is 14.4. The molecule has 24 heavy (non-hydrogen) atoms. The molecule has 2 heterocycles. The molecule has 3 atom stereocenters. The van der Waals surface area contributed by atoms with Gasteiger partial charge in [-0.15, -0.1) is 0 Å². The van der Waals surface area contributed by atoms with Crippen molar-refractivity contribution >= 4 is 0 Å². The van der Waals surface area contributed by atoms with Crippen LogP contribution in [0.2, 0.25) is 0 Å².